The van der Waals surface area contributed by atoms with Crippen LogP contribution in [0.3, 0.4) is 0 Å². The van der Waals surface area contributed by atoms with Crippen molar-refractivity contribution in [2.45, 2.75) is 31.9 Å². The van der Waals surface area contributed by atoms with Crippen molar-refractivity contribution >= 4 is 17.8 Å². The maximum atomic E-state index is 12.5. The number of carbonyl (C=O) groups excluding carboxylic acids is 3. The number of hydroxylamine groups is 2. The van der Waals surface area contributed by atoms with Gasteiger partial charge in [0.25, 0.3) is 11.8 Å². The zero-order valence-corrected chi connectivity index (χ0v) is 14.0. The number of rotatable bonds is 3. The van der Waals surface area contributed by atoms with Crippen LogP contribution in [-0.2, 0) is 14.4 Å². The number of amides is 2. The van der Waals surface area contributed by atoms with Crippen LogP contribution in [0.15, 0.2) is 24.3 Å². The van der Waals surface area contributed by atoms with Gasteiger partial charge in [0.2, 0.25) is 0 Å². The van der Waals surface area contributed by atoms with Crippen molar-refractivity contribution in [1.29, 1.82) is 0 Å². The standard InChI is InChI=1S/C18H20N2O5/c1-11-10-19(8-9-24-11)15-7-6-14(15)18(23)25-20-16(21)12-4-2-3-5-13(12)17(20)22/h2-5,11,14-15H,6-10H2,1H3. The Kier molecular flexibility index (Phi) is 4.05. The van der Waals surface area contributed by atoms with Gasteiger partial charge in [-0.05, 0) is 31.9 Å². The smallest absolute Gasteiger partial charge is 0.337 e. The molecule has 0 aromatic heterocycles. The first-order chi connectivity index (χ1) is 12.1. The van der Waals surface area contributed by atoms with E-state index in [-0.39, 0.29) is 29.2 Å². The van der Waals surface area contributed by atoms with E-state index in [0.29, 0.717) is 18.1 Å². The third kappa shape index (κ3) is 2.73. The lowest BCUT2D eigenvalue weighted by Crippen LogP contribution is -2.56. The molecule has 0 bridgehead atoms. The summed E-state index contributed by atoms with van der Waals surface area (Å²) in [4.78, 5) is 44.6. The second-order valence-corrected chi connectivity index (χ2v) is 6.79. The Morgan fingerprint density at radius 2 is 1.84 bits per heavy atom. The third-order valence-electron chi connectivity index (χ3n) is 5.22. The molecule has 1 saturated carbocycles. The molecular formula is C18H20N2O5. The molecule has 1 aromatic rings. The molecule has 4 rings (SSSR count). The molecule has 1 aromatic carbocycles. The highest BCUT2D eigenvalue weighted by Gasteiger charge is 2.46. The van der Waals surface area contributed by atoms with Gasteiger partial charge in [-0.25, -0.2) is 4.79 Å². The molecule has 3 atom stereocenters. The molecular weight excluding hydrogens is 324 g/mol. The van der Waals surface area contributed by atoms with Gasteiger partial charge >= 0.3 is 5.97 Å². The Balaban J connectivity index is 1.43. The molecule has 1 saturated heterocycles. The lowest BCUT2D eigenvalue weighted by Gasteiger charge is -2.45. The van der Waals surface area contributed by atoms with Crippen LogP contribution in [0.2, 0.25) is 0 Å². The van der Waals surface area contributed by atoms with Crippen molar-refractivity contribution in [3.8, 4) is 0 Å². The molecule has 132 valence electrons. The van der Waals surface area contributed by atoms with Gasteiger partial charge in [0.15, 0.2) is 0 Å². The van der Waals surface area contributed by atoms with Crippen molar-refractivity contribution < 1.29 is 24.0 Å². The van der Waals surface area contributed by atoms with E-state index in [1.165, 1.54) is 0 Å². The summed E-state index contributed by atoms with van der Waals surface area (Å²) in [5.74, 6) is -1.98. The van der Waals surface area contributed by atoms with Gasteiger partial charge in [-0.2, -0.15) is 0 Å². The molecule has 3 aliphatic rings. The zero-order valence-electron chi connectivity index (χ0n) is 14.0. The summed E-state index contributed by atoms with van der Waals surface area (Å²) in [6.07, 6.45) is 1.76. The summed E-state index contributed by atoms with van der Waals surface area (Å²) < 4.78 is 5.54. The molecule has 7 nitrogen and oxygen atoms in total. The first-order valence-corrected chi connectivity index (χ1v) is 8.61. The van der Waals surface area contributed by atoms with E-state index in [0.717, 1.165) is 19.5 Å². The summed E-state index contributed by atoms with van der Waals surface area (Å²) >= 11 is 0. The highest BCUT2D eigenvalue weighted by atomic mass is 16.7. The maximum absolute atomic E-state index is 12.5. The molecule has 0 radical (unpaired) electrons. The number of hydrogen-bond donors (Lipinski definition) is 0. The average molecular weight is 344 g/mol. The molecule has 25 heavy (non-hydrogen) atoms. The molecule has 7 heteroatoms. The molecule has 2 aliphatic heterocycles. The van der Waals surface area contributed by atoms with E-state index in [1.807, 2.05) is 6.92 Å². The van der Waals surface area contributed by atoms with Gasteiger partial charge in [0, 0.05) is 19.1 Å². The second kappa shape index (κ2) is 6.24. The number of fused-ring (bicyclic) bond motifs is 1. The molecule has 0 N–H and O–H groups in total. The lowest BCUT2D eigenvalue weighted by molar-refractivity contribution is -0.182. The topological polar surface area (TPSA) is 76.2 Å². The van der Waals surface area contributed by atoms with E-state index in [4.69, 9.17) is 9.57 Å². The Morgan fingerprint density at radius 1 is 1.16 bits per heavy atom. The van der Waals surface area contributed by atoms with Crippen molar-refractivity contribution in [1.82, 2.24) is 9.96 Å². The minimum absolute atomic E-state index is 0.0917. The minimum Gasteiger partial charge on any atom is -0.376 e. The van der Waals surface area contributed by atoms with E-state index in [9.17, 15) is 14.4 Å². The quantitative estimate of drug-likeness (QED) is 0.768. The van der Waals surface area contributed by atoms with E-state index in [2.05, 4.69) is 4.90 Å². The van der Waals surface area contributed by atoms with Crippen molar-refractivity contribution in [2.75, 3.05) is 19.7 Å². The third-order valence-corrected chi connectivity index (χ3v) is 5.22. The maximum Gasteiger partial charge on any atom is 0.337 e. The highest BCUT2D eigenvalue weighted by molar-refractivity contribution is 6.20. The fourth-order valence-electron chi connectivity index (χ4n) is 3.75. The second-order valence-electron chi connectivity index (χ2n) is 6.79. The number of carbonyl (C=O) groups is 3. The van der Waals surface area contributed by atoms with Crippen molar-refractivity contribution in [2.24, 2.45) is 5.92 Å². The molecule has 2 amide bonds. The first kappa shape index (κ1) is 16.2. The van der Waals surface area contributed by atoms with E-state index < -0.39 is 17.8 Å². The Morgan fingerprint density at radius 3 is 2.40 bits per heavy atom. The SMILES string of the molecule is CC1CN(C2CCC2C(=O)ON2C(=O)c3ccccc3C2=O)CCO1. The monoisotopic (exact) mass is 344 g/mol. The molecule has 2 heterocycles. The van der Waals surface area contributed by atoms with Gasteiger partial charge in [0.1, 0.15) is 0 Å². The lowest BCUT2D eigenvalue weighted by atomic mass is 9.78. The van der Waals surface area contributed by atoms with Crippen LogP contribution in [0.5, 0.6) is 0 Å². The van der Waals surface area contributed by atoms with Crippen LogP contribution in [0.4, 0.5) is 0 Å². The van der Waals surface area contributed by atoms with Crippen molar-refractivity contribution in [3.05, 3.63) is 35.4 Å². The summed E-state index contributed by atoms with van der Waals surface area (Å²) in [5, 5.41) is 0.602. The first-order valence-electron chi connectivity index (χ1n) is 8.61. The van der Waals surface area contributed by atoms with Gasteiger partial charge in [-0.3, -0.25) is 14.5 Å². The normalized spacial score (nSPS) is 29.3. The van der Waals surface area contributed by atoms with Crippen molar-refractivity contribution in [3.63, 3.8) is 0 Å². The number of benzene rings is 1. The highest BCUT2D eigenvalue weighted by Crippen LogP contribution is 2.35. The van der Waals surface area contributed by atoms with Crippen LogP contribution in [-0.4, -0.2) is 59.6 Å². The van der Waals surface area contributed by atoms with Gasteiger partial charge in [-0.15, -0.1) is 0 Å². The fraction of sp³-hybridized carbons (Fsp3) is 0.500. The predicted octanol–water partition coefficient (Wildman–Crippen LogP) is 1.24. The number of hydrogen-bond acceptors (Lipinski definition) is 6. The van der Waals surface area contributed by atoms with Crippen LogP contribution >= 0.6 is 0 Å². The van der Waals surface area contributed by atoms with Crippen LogP contribution < -0.4 is 0 Å². The molecule has 3 unspecified atom stereocenters. The van der Waals surface area contributed by atoms with Crippen LogP contribution in [0.1, 0.15) is 40.5 Å². The summed E-state index contributed by atoms with van der Waals surface area (Å²) in [6.45, 7) is 4.22. The van der Waals surface area contributed by atoms with Gasteiger partial charge in [0.05, 0.1) is 29.8 Å². The minimum atomic E-state index is -0.579. The Hall–Kier alpha value is -2.25. The number of ether oxygens (including phenoxy) is 1. The molecule has 0 spiro atoms. The number of imide groups is 1. The summed E-state index contributed by atoms with van der Waals surface area (Å²) in [5.41, 5.74) is 0.542. The van der Waals surface area contributed by atoms with Gasteiger partial charge in [-0.1, -0.05) is 17.2 Å². The van der Waals surface area contributed by atoms with E-state index >= 15 is 0 Å². The van der Waals surface area contributed by atoms with Crippen LogP contribution in [0, 0.1) is 5.92 Å². The van der Waals surface area contributed by atoms with Gasteiger partial charge < -0.3 is 9.57 Å². The van der Waals surface area contributed by atoms with E-state index in [1.54, 1.807) is 24.3 Å². The molecule has 2 fully saturated rings. The fourth-order valence-corrected chi connectivity index (χ4v) is 3.75. The largest absolute Gasteiger partial charge is 0.376 e. The summed E-state index contributed by atoms with van der Waals surface area (Å²) in [6, 6.07) is 6.57. The molecule has 1 aliphatic carbocycles. The predicted molar refractivity (Wildman–Crippen MR) is 86.5 cm³/mol. The number of morpholine rings is 1. The van der Waals surface area contributed by atoms with Crippen LogP contribution in [0.25, 0.3) is 0 Å². The number of nitrogens with zero attached hydrogens (tertiary/aromatic N) is 2. The summed E-state index contributed by atoms with van der Waals surface area (Å²) in [7, 11) is 0. The Labute approximate surface area is 145 Å². The Bertz CT molecular complexity index is 699. The zero-order chi connectivity index (χ0) is 17.6. The average Bonchev–Trinajstić information content (AvgIpc) is 2.79.